The fourth-order valence-corrected chi connectivity index (χ4v) is 6.82. The van der Waals surface area contributed by atoms with E-state index < -0.39 is 11.5 Å². The molecule has 1 aromatic heterocycles. The molecule has 2 N–H and O–H groups in total. The van der Waals surface area contributed by atoms with Crippen LogP contribution in [0.5, 0.6) is 0 Å². The highest BCUT2D eigenvalue weighted by Gasteiger charge is 2.66. The number of rotatable bonds is 2. The van der Waals surface area contributed by atoms with Gasteiger partial charge in [-0.2, -0.15) is 0 Å². The van der Waals surface area contributed by atoms with Gasteiger partial charge in [0.05, 0.1) is 18.7 Å². The Balaban J connectivity index is 1.32. The molecule has 3 saturated heterocycles. The summed E-state index contributed by atoms with van der Waals surface area (Å²) < 4.78 is 0. The van der Waals surface area contributed by atoms with E-state index in [-0.39, 0.29) is 30.2 Å². The Bertz CT molecular complexity index is 1130. The fourth-order valence-electron chi connectivity index (χ4n) is 6.82. The minimum atomic E-state index is -0.911. The quantitative estimate of drug-likeness (QED) is 0.683. The second kappa shape index (κ2) is 8.78. The lowest BCUT2D eigenvalue weighted by molar-refractivity contribution is -0.138. The molecule has 5 heterocycles. The van der Waals surface area contributed by atoms with E-state index >= 15 is 0 Å². The Morgan fingerprint density at radius 3 is 2.80 bits per heavy atom. The van der Waals surface area contributed by atoms with Crippen molar-refractivity contribution in [3.8, 4) is 0 Å². The minimum Gasteiger partial charge on any atom is -0.356 e. The molecule has 2 bridgehead atoms. The van der Waals surface area contributed by atoms with Crippen LogP contribution in [0.4, 0.5) is 5.69 Å². The first kappa shape index (κ1) is 22.3. The summed E-state index contributed by atoms with van der Waals surface area (Å²) in [6, 6.07) is 8.27. The van der Waals surface area contributed by atoms with Crippen LogP contribution in [0.25, 0.3) is 0 Å². The first-order valence-electron chi connectivity index (χ1n) is 12.8. The van der Waals surface area contributed by atoms with Gasteiger partial charge in [0.2, 0.25) is 11.8 Å². The van der Waals surface area contributed by atoms with Crippen molar-refractivity contribution in [3.63, 3.8) is 0 Å². The molecule has 0 radical (unpaired) electrons. The van der Waals surface area contributed by atoms with Crippen molar-refractivity contribution in [1.82, 2.24) is 25.1 Å². The molecule has 3 fully saturated rings. The Labute approximate surface area is 204 Å². The number of anilines is 1. The lowest BCUT2D eigenvalue weighted by Gasteiger charge is -2.37. The summed E-state index contributed by atoms with van der Waals surface area (Å²) in [7, 11) is 0. The van der Waals surface area contributed by atoms with E-state index in [1.807, 2.05) is 34.1 Å². The van der Waals surface area contributed by atoms with Crippen molar-refractivity contribution in [2.45, 2.75) is 50.1 Å². The number of hydrogen-bond acceptors (Lipinski definition) is 5. The minimum absolute atomic E-state index is 0.0249. The second-order valence-corrected chi connectivity index (χ2v) is 10.2. The topological polar surface area (TPSA) is 102 Å². The number of amides is 3. The maximum atomic E-state index is 14.3. The first-order chi connectivity index (χ1) is 17.1. The fraction of sp³-hybridized carbons (Fsp3) is 0.538. The van der Waals surface area contributed by atoms with E-state index in [0.717, 1.165) is 36.3 Å². The standard InChI is InChI=1S/C26H32N6O3/c33-23(14-18-16-27-17-29-18)30-10-4-9-28-24(34)21-15-19-6-3-13-32(19)26(21)20-7-1-2-8-22(20)31(25(26)35)12-5-11-30/h1-2,7-8,16-17,19,21H,3-6,9-15H2,(H,27,29)(H,28,34)/t19-,21-,26+/m0/s1. The van der Waals surface area contributed by atoms with Crippen molar-refractivity contribution < 1.29 is 14.4 Å². The lowest BCUT2D eigenvalue weighted by Crippen LogP contribution is -2.56. The summed E-state index contributed by atoms with van der Waals surface area (Å²) in [5.41, 5.74) is 1.75. The average molecular weight is 477 g/mol. The van der Waals surface area contributed by atoms with Crippen LogP contribution in [0.2, 0.25) is 0 Å². The maximum absolute atomic E-state index is 14.3. The zero-order valence-electron chi connectivity index (χ0n) is 19.9. The number of aromatic nitrogens is 2. The van der Waals surface area contributed by atoms with Gasteiger partial charge < -0.3 is 20.1 Å². The predicted octanol–water partition coefficient (Wildman–Crippen LogP) is 1.42. The summed E-state index contributed by atoms with van der Waals surface area (Å²) in [4.78, 5) is 54.0. The molecule has 3 amide bonds. The largest absolute Gasteiger partial charge is 0.356 e. The predicted molar refractivity (Wildman–Crippen MR) is 129 cm³/mol. The molecule has 6 rings (SSSR count). The number of aromatic amines is 1. The highest BCUT2D eigenvalue weighted by atomic mass is 16.2. The molecule has 1 aromatic carbocycles. The van der Waals surface area contributed by atoms with Gasteiger partial charge in [-0.05, 0) is 44.7 Å². The van der Waals surface area contributed by atoms with Crippen molar-refractivity contribution in [2.75, 3.05) is 37.6 Å². The van der Waals surface area contributed by atoms with Crippen molar-refractivity contribution in [1.29, 1.82) is 0 Å². The molecule has 0 unspecified atom stereocenters. The number of nitrogens with one attached hydrogen (secondary N) is 2. The van der Waals surface area contributed by atoms with Crippen LogP contribution in [0.1, 0.15) is 43.4 Å². The van der Waals surface area contributed by atoms with Crippen molar-refractivity contribution >= 4 is 23.4 Å². The number of hydrogen-bond donors (Lipinski definition) is 2. The van der Waals surface area contributed by atoms with Gasteiger partial charge in [-0.3, -0.25) is 19.3 Å². The van der Waals surface area contributed by atoms with E-state index in [0.29, 0.717) is 45.4 Å². The summed E-state index contributed by atoms with van der Waals surface area (Å²) in [5, 5.41) is 3.13. The van der Waals surface area contributed by atoms with Crippen molar-refractivity contribution in [2.24, 2.45) is 5.92 Å². The van der Waals surface area contributed by atoms with Crippen LogP contribution >= 0.6 is 0 Å². The Hall–Kier alpha value is -3.20. The summed E-state index contributed by atoms with van der Waals surface area (Å²) in [6.45, 7) is 3.00. The number of imidazole rings is 1. The van der Waals surface area contributed by atoms with E-state index in [2.05, 4.69) is 20.2 Å². The molecule has 9 heteroatoms. The van der Waals surface area contributed by atoms with Gasteiger partial charge in [0, 0.05) is 55.4 Å². The third kappa shape index (κ3) is 3.47. The molecule has 4 aliphatic heterocycles. The molecule has 1 spiro atoms. The van der Waals surface area contributed by atoms with Crippen LogP contribution in [-0.4, -0.2) is 76.3 Å². The van der Waals surface area contributed by atoms with Gasteiger partial charge in [0.15, 0.2) is 0 Å². The SMILES string of the molecule is O=C1NCCCN(C(=O)Cc2cnc[nH]2)CCCN2C(=O)[C@@]3(c4ccccc42)[C@H]1C[C@@H]1CCCN13. The second-order valence-electron chi connectivity index (χ2n) is 10.2. The van der Waals surface area contributed by atoms with E-state index in [1.165, 1.54) is 0 Å². The number of benzene rings is 1. The van der Waals surface area contributed by atoms with E-state index in [9.17, 15) is 14.4 Å². The van der Waals surface area contributed by atoms with Gasteiger partial charge in [-0.1, -0.05) is 18.2 Å². The molecule has 3 atom stereocenters. The molecule has 184 valence electrons. The highest BCUT2D eigenvalue weighted by molar-refractivity contribution is 6.10. The Kier molecular flexibility index (Phi) is 5.59. The van der Waals surface area contributed by atoms with Crippen LogP contribution in [-0.2, 0) is 26.3 Å². The molecule has 0 saturated carbocycles. The van der Waals surface area contributed by atoms with E-state index in [1.54, 1.807) is 12.5 Å². The summed E-state index contributed by atoms with van der Waals surface area (Å²) in [5.74, 6) is -0.390. The Morgan fingerprint density at radius 2 is 1.94 bits per heavy atom. The monoisotopic (exact) mass is 476 g/mol. The van der Waals surface area contributed by atoms with Crippen LogP contribution < -0.4 is 10.2 Å². The smallest absolute Gasteiger partial charge is 0.253 e. The van der Waals surface area contributed by atoms with E-state index in [4.69, 9.17) is 0 Å². The lowest BCUT2D eigenvalue weighted by atomic mass is 9.78. The van der Waals surface area contributed by atoms with Crippen molar-refractivity contribution in [3.05, 3.63) is 48.0 Å². The maximum Gasteiger partial charge on any atom is 0.253 e. The van der Waals surface area contributed by atoms with Gasteiger partial charge in [-0.15, -0.1) is 0 Å². The highest BCUT2D eigenvalue weighted by Crippen LogP contribution is 2.57. The average Bonchev–Trinajstić information content (AvgIpc) is 3.62. The molecule has 0 aliphatic carbocycles. The number of carbonyl (C=O) groups is 3. The normalized spacial score (nSPS) is 29.0. The summed E-state index contributed by atoms with van der Waals surface area (Å²) >= 11 is 0. The van der Waals surface area contributed by atoms with Gasteiger partial charge in [-0.25, -0.2) is 4.98 Å². The molecule has 2 aromatic rings. The third-order valence-electron chi connectivity index (χ3n) is 8.30. The number of carbonyl (C=O) groups excluding carboxylic acids is 3. The number of H-pyrrole nitrogens is 1. The zero-order chi connectivity index (χ0) is 24.0. The number of fused-ring (bicyclic) bond motifs is 4. The third-order valence-corrected chi connectivity index (χ3v) is 8.30. The summed E-state index contributed by atoms with van der Waals surface area (Å²) in [6.07, 6.45) is 7.68. The zero-order valence-corrected chi connectivity index (χ0v) is 19.9. The van der Waals surface area contributed by atoms with Crippen LogP contribution in [0.3, 0.4) is 0 Å². The molecule has 4 aliphatic rings. The van der Waals surface area contributed by atoms with Gasteiger partial charge >= 0.3 is 0 Å². The Morgan fingerprint density at radius 1 is 1.09 bits per heavy atom. The molecular formula is C26H32N6O3. The molecule has 9 nitrogen and oxygen atoms in total. The van der Waals surface area contributed by atoms with Crippen LogP contribution in [0, 0.1) is 5.92 Å². The molecular weight excluding hydrogens is 444 g/mol. The first-order valence-corrected chi connectivity index (χ1v) is 12.8. The van der Waals surface area contributed by atoms with Gasteiger partial charge in [0.25, 0.3) is 5.91 Å². The number of nitrogens with zero attached hydrogens (tertiary/aromatic N) is 4. The van der Waals surface area contributed by atoms with Gasteiger partial charge in [0.1, 0.15) is 5.54 Å². The van der Waals surface area contributed by atoms with Crippen LogP contribution in [0.15, 0.2) is 36.8 Å². The molecule has 35 heavy (non-hydrogen) atoms. The number of para-hydroxylation sites is 1.